The lowest BCUT2D eigenvalue weighted by atomic mass is 10.00. The maximum atomic E-state index is 15.0. The van der Waals surface area contributed by atoms with Crippen LogP contribution in [0.5, 0.6) is 11.5 Å². The summed E-state index contributed by atoms with van der Waals surface area (Å²) in [5, 5.41) is 11.0. The summed E-state index contributed by atoms with van der Waals surface area (Å²) in [5.74, 6) is -1.31. The number of fused-ring (bicyclic) bond motifs is 1. The molecule has 0 radical (unpaired) electrons. The molecule has 2 aromatic carbocycles. The van der Waals surface area contributed by atoms with Crippen LogP contribution in [0.1, 0.15) is 10.4 Å². The molecule has 2 heterocycles. The SMILES string of the molecule is COc1ccccc1-c1c[nH]c2ncc(-c3ccc(C(=O)N(C)C)c(O)c3F)cc12. The number of nitrogens with one attached hydrogen (secondary N) is 1. The lowest BCUT2D eigenvalue weighted by molar-refractivity contribution is 0.0824. The molecule has 4 rings (SSSR count). The van der Waals surface area contributed by atoms with Crippen molar-refractivity contribution in [2.24, 2.45) is 0 Å². The number of benzene rings is 2. The molecule has 0 spiro atoms. The lowest BCUT2D eigenvalue weighted by Gasteiger charge is -2.13. The summed E-state index contributed by atoms with van der Waals surface area (Å²) in [4.78, 5) is 20.9. The van der Waals surface area contributed by atoms with Crippen LogP contribution in [0, 0.1) is 5.82 Å². The third kappa shape index (κ3) is 3.14. The Kier molecular flexibility index (Phi) is 4.87. The predicted octanol–water partition coefficient (Wildman–Crippen LogP) is 4.45. The molecule has 4 aromatic rings. The zero-order valence-electron chi connectivity index (χ0n) is 16.7. The summed E-state index contributed by atoms with van der Waals surface area (Å²) in [6, 6.07) is 12.3. The van der Waals surface area contributed by atoms with Gasteiger partial charge in [0.25, 0.3) is 5.91 Å². The van der Waals surface area contributed by atoms with Crippen LogP contribution in [0.2, 0.25) is 0 Å². The number of phenolic OH excluding ortho intramolecular Hbond substituents is 1. The van der Waals surface area contributed by atoms with Crippen molar-refractivity contribution in [2.75, 3.05) is 21.2 Å². The fraction of sp³-hybridized carbons (Fsp3) is 0.130. The molecule has 2 aromatic heterocycles. The van der Waals surface area contributed by atoms with E-state index in [-0.39, 0.29) is 11.1 Å². The predicted molar refractivity (Wildman–Crippen MR) is 113 cm³/mol. The van der Waals surface area contributed by atoms with Gasteiger partial charge in [-0.2, -0.15) is 0 Å². The number of H-pyrrole nitrogens is 1. The molecule has 7 heteroatoms. The van der Waals surface area contributed by atoms with Crippen LogP contribution in [0.15, 0.2) is 54.9 Å². The molecule has 0 fully saturated rings. The number of carbonyl (C=O) groups excluding carboxylic acids is 1. The van der Waals surface area contributed by atoms with Gasteiger partial charge in [0.15, 0.2) is 11.6 Å². The molecule has 2 N–H and O–H groups in total. The van der Waals surface area contributed by atoms with Gasteiger partial charge in [-0.25, -0.2) is 9.37 Å². The van der Waals surface area contributed by atoms with Crippen LogP contribution in [0.25, 0.3) is 33.3 Å². The average Bonchev–Trinajstić information content (AvgIpc) is 3.18. The molecule has 0 aliphatic heterocycles. The number of aromatic hydroxyl groups is 1. The number of pyridine rings is 1. The van der Waals surface area contributed by atoms with Crippen molar-refractivity contribution in [2.45, 2.75) is 0 Å². The first-order chi connectivity index (χ1) is 14.4. The van der Waals surface area contributed by atoms with E-state index in [9.17, 15) is 14.3 Å². The third-order valence-electron chi connectivity index (χ3n) is 4.99. The average molecular weight is 405 g/mol. The highest BCUT2D eigenvalue weighted by Gasteiger charge is 2.21. The van der Waals surface area contributed by atoms with Crippen molar-refractivity contribution in [3.8, 4) is 33.8 Å². The molecule has 0 bridgehead atoms. The minimum absolute atomic E-state index is 0.0911. The van der Waals surface area contributed by atoms with Gasteiger partial charge in [0.2, 0.25) is 0 Å². The number of hydrogen-bond donors (Lipinski definition) is 2. The number of nitrogens with zero attached hydrogens (tertiary/aromatic N) is 2. The number of phenols is 1. The van der Waals surface area contributed by atoms with E-state index >= 15 is 0 Å². The molecule has 0 aliphatic carbocycles. The Morgan fingerprint density at radius 1 is 1.13 bits per heavy atom. The van der Waals surface area contributed by atoms with Crippen molar-refractivity contribution in [3.63, 3.8) is 0 Å². The van der Waals surface area contributed by atoms with Crippen molar-refractivity contribution in [1.29, 1.82) is 0 Å². The number of rotatable bonds is 4. The lowest BCUT2D eigenvalue weighted by Crippen LogP contribution is -2.22. The summed E-state index contributed by atoms with van der Waals surface area (Å²) in [6.45, 7) is 0. The number of methoxy groups -OCH3 is 1. The highest BCUT2D eigenvalue weighted by atomic mass is 19.1. The Labute approximate surface area is 172 Å². The minimum Gasteiger partial charge on any atom is -0.504 e. The van der Waals surface area contributed by atoms with E-state index < -0.39 is 17.5 Å². The maximum absolute atomic E-state index is 15.0. The van der Waals surface area contributed by atoms with Gasteiger partial charge in [0, 0.05) is 54.1 Å². The topological polar surface area (TPSA) is 78.5 Å². The number of ether oxygens (including phenoxy) is 1. The maximum Gasteiger partial charge on any atom is 0.257 e. The first kappa shape index (κ1) is 19.4. The van der Waals surface area contributed by atoms with E-state index in [1.807, 2.05) is 30.5 Å². The van der Waals surface area contributed by atoms with Crippen LogP contribution in [0.4, 0.5) is 4.39 Å². The number of aromatic amines is 1. The smallest absolute Gasteiger partial charge is 0.257 e. The van der Waals surface area contributed by atoms with Crippen molar-refractivity contribution in [3.05, 3.63) is 66.2 Å². The fourth-order valence-corrected chi connectivity index (χ4v) is 3.44. The summed E-state index contributed by atoms with van der Waals surface area (Å²) < 4.78 is 20.4. The molecule has 0 saturated heterocycles. The molecule has 6 nitrogen and oxygen atoms in total. The number of para-hydroxylation sites is 1. The zero-order valence-corrected chi connectivity index (χ0v) is 16.7. The largest absolute Gasteiger partial charge is 0.504 e. The Bertz CT molecular complexity index is 1260. The summed E-state index contributed by atoms with van der Waals surface area (Å²) in [7, 11) is 4.68. The van der Waals surface area contributed by atoms with Crippen molar-refractivity contribution >= 4 is 16.9 Å². The molecule has 0 atom stereocenters. The summed E-state index contributed by atoms with van der Waals surface area (Å²) in [5.41, 5.74) is 2.93. The van der Waals surface area contributed by atoms with Gasteiger partial charge in [-0.3, -0.25) is 4.79 Å². The van der Waals surface area contributed by atoms with E-state index in [0.29, 0.717) is 17.0 Å². The Hall–Kier alpha value is -3.87. The molecular formula is C23H20FN3O3. The van der Waals surface area contributed by atoms with E-state index in [2.05, 4.69) is 9.97 Å². The third-order valence-corrected chi connectivity index (χ3v) is 4.99. The standard InChI is InChI=1S/C23H20FN3O3/c1-27(2)23(29)16-9-8-14(20(24)21(16)28)13-10-17-18(12-26-22(17)25-11-13)15-6-4-5-7-19(15)30-3/h4-12,28H,1-3H3,(H,25,26). The van der Waals surface area contributed by atoms with Crippen molar-refractivity contribution < 1.29 is 19.0 Å². The molecule has 30 heavy (non-hydrogen) atoms. The van der Waals surface area contributed by atoms with E-state index in [4.69, 9.17) is 4.74 Å². The number of amides is 1. The highest BCUT2D eigenvalue weighted by molar-refractivity contribution is 5.99. The second-order valence-electron chi connectivity index (χ2n) is 7.05. The van der Waals surface area contributed by atoms with Gasteiger partial charge in [-0.15, -0.1) is 0 Å². The quantitative estimate of drug-likeness (QED) is 0.526. The van der Waals surface area contributed by atoms with Gasteiger partial charge in [-0.1, -0.05) is 24.3 Å². The first-order valence-corrected chi connectivity index (χ1v) is 9.26. The van der Waals surface area contributed by atoms with Crippen LogP contribution in [0.3, 0.4) is 0 Å². The number of carbonyl (C=O) groups is 1. The Morgan fingerprint density at radius 2 is 1.90 bits per heavy atom. The molecular weight excluding hydrogens is 385 g/mol. The van der Waals surface area contributed by atoms with E-state index in [1.165, 1.54) is 37.3 Å². The highest BCUT2D eigenvalue weighted by Crippen LogP contribution is 2.37. The molecule has 0 unspecified atom stereocenters. The van der Waals surface area contributed by atoms with Gasteiger partial charge in [0.1, 0.15) is 11.4 Å². The Balaban J connectivity index is 1.85. The van der Waals surface area contributed by atoms with Gasteiger partial charge in [-0.05, 0) is 18.2 Å². The van der Waals surface area contributed by atoms with Crippen LogP contribution in [-0.2, 0) is 0 Å². The van der Waals surface area contributed by atoms with Crippen molar-refractivity contribution in [1.82, 2.24) is 14.9 Å². The van der Waals surface area contributed by atoms with E-state index in [0.717, 1.165) is 16.5 Å². The van der Waals surface area contributed by atoms with Gasteiger partial charge >= 0.3 is 0 Å². The second-order valence-corrected chi connectivity index (χ2v) is 7.05. The first-order valence-electron chi connectivity index (χ1n) is 9.26. The summed E-state index contributed by atoms with van der Waals surface area (Å²) >= 11 is 0. The molecule has 1 amide bonds. The number of hydrogen-bond acceptors (Lipinski definition) is 4. The normalized spacial score (nSPS) is 10.9. The minimum atomic E-state index is -0.863. The van der Waals surface area contributed by atoms with Crippen LogP contribution < -0.4 is 4.74 Å². The number of aromatic nitrogens is 2. The monoisotopic (exact) mass is 405 g/mol. The van der Waals surface area contributed by atoms with Gasteiger partial charge < -0.3 is 19.7 Å². The molecule has 152 valence electrons. The summed E-state index contributed by atoms with van der Waals surface area (Å²) in [6.07, 6.45) is 3.35. The van der Waals surface area contributed by atoms with Crippen LogP contribution >= 0.6 is 0 Å². The van der Waals surface area contributed by atoms with Gasteiger partial charge in [0.05, 0.1) is 12.7 Å². The van der Waals surface area contributed by atoms with E-state index in [1.54, 1.807) is 13.2 Å². The molecule has 0 aliphatic rings. The van der Waals surface area contributed by atoms with Crippen LogP contribution in [-0.4, -0.2) is 47.1 Å². The number of halogens is 1. The Morgan fingerprint density at radius 3 is 2.63 bits per heavy atom. The fourth-order valence-electron chi connectivity index (χ4n) is 3.44. The second kappa shape index (κ2) is 7.51. The molecule has 0 saturated carbocycles. The zero-order chi connectivity index (χ0) is 21.4.